The molecule has 0 radical (unpaired) electrons. The summed E-state index contributed by atoms with van der Waals surface area (Å²) in [5.74, 6) is -1.47. The van der Waals surface area contributed by atoms with Crippen LogP contribution in [0.3, 0.4) is 0 Å². The number of aliphatic carboxylic acids is 1. The Kier molecular flexibility index (Phi) is 5.49. The molecule has 0 spiro atoms. The summed E-state index contributed by atoms with van der Waals surface area (Å²) < 4.78 is 22.8. The van der Waals surface area contributed by atoms with Gasteiger partial charge >= 0.3 is 5.97 Å². The molecule has 1 atom stereocenters. The standard InChI is InChI=1S/C11H18N2O5S/c1-2-4-12-10(14)6-13(7-11(15)16)9-3-5-19(17,18)8-9/h2,9H,1,3-8H2,(H,12,14)(H,15,16). The second-order valence-electron chi connectivity index (χ2n) is 4.45. The molecular weight excluding hydrogens is 272 g/mol. The van der Waals surface area contributed by atoms with E-state index in [1.54, 1.807) is 0 Å². The van der Waals surface area contributed by atoms with E-state index in [2.05, 4.69) is 11.9 Å². The number of nitrogens with zero attached hydrogens (tertiary/aromatic N) is 1. The Labute approximate surface area is 112 Å². The van der Waals surface area contributed by atoms with E-state index in [-0.39, 0.29) is 30.5 Å². The molecule has 1 saturated heterocycles. The number of carbonyl (C=O) groups is 2. The molecule has 108 valence electrons. The van der Waals surface area contributed by atoms with Crippen molar-refractivity contribution in [1.82, 2.24) is 10.2 Å². The molecule has 1 unspecified atom stereocenters. The van der Waals surface area contributed by atoms with Crippen molar-refractivity contribution in [2.24, 2.45) is 0 Å². The number of hydrogen-bond acceptors (Lipinski definition) is 5. The topological polar surface area (TPSA) is 104 Å². The van der Waals surface area contributed by atoms with Crippen LogP contribution in [0.15, 0.2) is 12.7 Å². The number of nitrogens with one attached hydrogen (secondary N) is 1. The highest BCUT2D eigenvalue weighted by molar-refractivity contribution is 7.91. The molecule has 0 bridgehead atoms. The van der Waals surface area contributed by atoms with Crippen molar-refractivity contribution in [3.05, 3.63) is 12.7 Å². The van der Waals surface area contributed by atoms with Crippen LogP contribution in [0, 0.1) is 0 Å². The minimum atomic E-state index is -3.11. The number of carboxylic acid groups (broad SMARTS) is 1. The second kappa shape index (κ2) is 6.67. The SMILES string of the molecule is C=CCNC(=O)CN(CC(=O)O)C1CCS(=O)(=O)C1. The summed E-state index contributed by atoms with van der Waals surface area (Å²) in [6, 6.07) is -0.407. The average Bonchev–Trinajstić information content (AvgIpc) is 2.65. The van der Waals surface area contributed by atoms with Crippen molar-refractivity contribution >= 4 is 21.7 Å². The highest BCUT2D eigenvalue weighted by Crippen LogP contribution is 2.17. The summed E-state index contributed by atoms with van der Waals surface area (Å²) in [4.78, 5) is 23.7. The maximum atomic E-state index is 11.6. The minimum absolute atomic E-state index is 0.0437. The summed E-state index contributed by atoms with van der Waals surface area (Å²) in [7, 11) is -3.11. The predicted molar refractivity (Wildman–Crippen MR) is 69.5 cm³/mol. The van der Waals surface area contributed by atoms with Gasteiger partial charge in [0.05, 0.1) is 24.6 Å². The Morgan fingerprint density at radius 1 is 1.42 bits per heavy atom. The number of amides is 1. The highest BCUT2D eigenvalue weighted by Gasteiger charge is 2.33. The summed E-state index contributed by atoms with van der Waals surface area (Å²) in [5.41, 5.74) is 0. The van der Waals surface area contributed by atoms with Crippen LogP contribution in [-0.2, 0) is 19.4 Å². The third-order valence-corrected chi connectivity index (χ3v) is 4.60. The normalized spacial score (nSPS) is 21.2. The van der Waals surface area contributed by atoms with E-state index in [4.69, 9.17) is 5.11 Å². The quantitative estimate of drug-likeness (QED) is 0.575. The third kappa shape index (κ3) is 5.39. The Morgan fingerprint density at radius 2 is 2.11 bits per heavy atom. The molecule has 19 heavy (non-hydrogen) atoms. The predicted octanol–water partition coefficient (Wildman–Crippen LogP) is -1.14. The Hall–Kier alpha value is -1.41. The van der Waals surface area contributed by atoms with Gasteiger partial charge in [-0.3, -0.25) is 14.5 Å². The van der Waals surface area contributed by atoms with Crippen LogP contribution in [0.5, 0.6) is 0 Å². The van der Waals surface area contributed by atoms with E-state index in [0.29, 0.717) is 13.0 Å². The van der Waals surface area contributed by atoms with Gasteiger partial charge in [0.2, 0.25) is 5.91 Å². The van der Waals surface area contributed by atoms with E-state index < -0.39 is 21.8 Å². The molecule has 1 aliphatic heterocycles. The Bertz CT molecular complexity index is 460. The van der Waals surface area contributed by atoms with Crippen molar-refractivity contribution in [3.63, 3.8) is 0 Å². The smallest absolute Gasteiger partial charge is 0.317 e. The summed E-state index contributed by atoms with van der Waals surface area (Å²) in [6.07, 6.45) is 1.88. The van der Waals surface area contributed by atoms with Crippen LogP contribution in [0.25, 0.3) is 0 Å². The number of hydrogen-bond donors (Lipinski definition) is 2. The fraction of sp³-hybridized carbons (Fsp3) is 0.636. The molecule has 1 aliphatic rings. The maximum absolute atomic E-state index is 11.6. The average molecular weight is 290 g/mol. The largest absolute Gasteiger partial charge is 0.480 e. The lowest BCUT2D eigenvalue weighted by atomic mass is 10.2. The molecule has 7 nitrogen and oxygen atoms in total. The Morgan fingerprint density at radius 3 is 2.58 bits per heavy atom. The number of carboxylic acids is 1. The fourth-order valence-corrected chi connectivity index (χ4v) is 3.74. The lowest BCUT2D eigenvalue weighted by molar-refractivity contribution is -0.139. The first-order chi connectivity index (χ1) is 8.84. The van der Waals surface area contributed by atoms with Crippen molar-refractivity contribution in [2.75, 3.05) is 31.1 Å². The Balaban J connectivity index is 2.64. The maximum Gasteiger partial charge on any atom is 0.317 e. The summed E-state index contributed by atoms with van der Waals surface area (Å²) in [5, 5.41) is 11.4. The molecule has 0 aromatic rings. The molecule has 1 heterocycles. The van der Waals surface area contributed by atoms with E-state index in [1.807, 2.05) is 0 Å². The van der Waals surface area contributed by atoms with E-state index in [0.717, 1.165) is 0 Å². The van der Waals surface area contributed by atoms with Gasteiger partial charge in [-0.05, 0) is 6.42 Å². The lowest BCUT2D eigenvalue weighted by Crippen LogP contribution is -2.46. The van der Waals surface area contributed by atoms with Gasteiger partial charge in [0.15, 0.2) is 9.84 Å². The summed E-state index contributed by atoms with van der Waals surface area (Å²) in [6.45, 7) is 3.28. The van der Waals surface area contributed by atoms with Gasteiger partial charge in [-0.25, -0.2) is 8.42 Å². The van der Waals surface area contributed by atoms with Crippen LogP contribution in [0.4, 0.5) is 0 Å². The molecule has 1 amide bonds. The van der Waals surface area contributed by atoms with Gasteiger partial charge in [0.25, 0.3) is 0 Å². The van der Waals surface area contributed by atoms with Crippen LogP contribution in [0.1, 0.15) is 6.42 Å². The number of carbonyl (C=O) groups excluding carboxylic acids is 1. The fourth-order valence-electron chi connectivity index (χ4n) is 1.98. The monoisotopic (exact) mass is 290 g/mol. The van der Waals surface area contributed by atoms with E-state index in [9.17, 15) is 18.0 Å². The molecule has 0 aromatic carbocycles. The van der Waals surface area contributed by atoms with Crippen molar-refractivity contribution in [2.45, 2.75) is 12.5 Å². The van der Waals surface area contributed by atoms with E-state index >= 15 is 0 Å². The van der Waals surface area contributed by atoms with Crippen LogP contribution in [-0.4, -0.2) is 67.5 Å². The first kappa shape index (κ1) is 15.6. The molecular formula is C11H18N2O5S. The molecule has 0 saturated carbocycles. The molecule has 1 rings (SSSR count). The van der Waals surface area contributed by atoms with Crippen LogP contribution >= 0.6 is 0 Å². The molecule has 2 N–H and O–H groups in total. The third-order valence-electron chi connectivity index (χ3n) is 2.85. The minimum Gasteiger partial charge on any atom is -0.480 e. The number of rotatable bonds is 7. The van der Waals surface area contributed by atoms with Gasteiger partial charge in [0.1, 0.15) is 0 Å². The summed E-state index contributed by atoms with van der Waals surface area (Å²) >= 11 is 0. The van der Waals surface area contributed by atoms with Gasteiger partial charge in [-0.15, -0.1) is 6.58 Å². The van der Waals surface area contributed by atoms with E-state index in [1.165, 1.54) is 11.0 Å². The van der Waals surface area contributed by atoms with Crippen molar-refractivity contribution in [3.8, 4) is 0 Å². The molecule has 0 aromatic heterocycles. The van der Waals surface area contributed by atoms with Crippen molar-refractivity contribution in [1.29, 1.82) is 0 Å². The van der Waals surface area contributed by atoms with Gasteiger partial charge in [0, 0.05) is 12.6 Å². The number of sulfone groups is 1. The first-order valence-corrected chi connectivity index (χ1v) is 7.70. The van der Waals surface area contributed by atoms with Crippen LogP contribution < -0.4 is 5.32 Å². The van der Waals surface area contributed by atoms with Crippen molar-refractivity contribution < 1.29 is 23.1 Å². The van der Waals surface area contributed by atoms with Crippen LogP contribution in [0.2, 0.25) is 0 Å². The highest BCUT2D eigenvalue weighted by atomic mass is 32.2. The van der Waals surface area contributed by atoms with Gasteiger partial charge in [-0.2, -0.15) is 0 Å². The second-order valence-corrected chi connectivity index (χ2v) is 6.68. The first-order valence-electron chi connectivity index (χ1n) is 5.88. The van der Waals surface area contributed by atoms with Gasteiger partial charge < -0.3 is 10.4 Å². The molecule has 0 aliphatic carbocycles. The lowest BCUT2D eigenvalue weighted by Gasteiger charge is -2.25. The zero-order valence-electron chi connectivity index (χ0n) is 10.5. The molecule has 1 fully saturated rings. The van der Waals surface area contributed by atoms with Gasteiger partial charge in [-0.1, -0.05) is 6.08 Å². The molecule has 8 heteroatoms. The zero-order chi connectivity index (χ0) is 14.5. The zero-order valence-corrected chi connectivity index (χ0v) is 11.4.